The van der Waals surface area contributed by atoms with Crippen LogP contribution in [0.2, 0.25) is 5.02 Å². The Morgan fingerprint density at radius 3 is 2.40 bits per heavy atom. The highest BCUT2D eigenvalue weighted by Crippen LogP contribution is 2.55. The molecule has 0 spiro atoms. The van der Waals surface area contributed by atoms with Crippen molar-refractivity contribution < 1.29 is 28.8 Å². The van der Waals surface area contributed by atoms with Crippen molar-refractivity contribution in [2.75, 3.05) is 4.90 Å². The highest BCUT2D eigenvalue weighted by atomic mass is 35.5. The number of rotatable bonds is 7. The summed E-state index contributed by atoms with van der Waals surface area (Å²) in [5.74, 6) is -0.427. The van der Waals surface area contributed by atoms with E-state index in [-0.39, 0.29) is 58.6 Å². The van der Waals surface area contributed by atoms with Gasteiger partial charge in [0.2, 0.25) is 11.8 Å². The van der Waals surface area contributed by atoms with Crippen LogP contribution in [0.5, 0.6) is 11.5 Å². The van der Waals surface area contributed by atoms with E-state index >= 15 is 0 Å². The zero-order valence-corrected chi connectivity index (χ0v) is 22.0. The van der Waals surface area contributed by atoms with Gasteiger partial charge in [0.1, 0.15) is 18.1 Å². The lowest BCUT2D eigenvalue weighted by Crippen LogP contribution is -2.32. The number of carbonyl (C=O) groups excluding carboxylic acids is 3. The predicted molar refractivity (Wildman–Crippen MR) is 145 cm³/mol. The first kappa shape index (κ1) is 25.8. The van der Waals surface area contributed by atoms with Crippen molar-refractivity contribution in [3.63, 3.8) is 0 Å². The van der Waals surface area contributed by atoms with Gasteiger partial charge in [-0.3, -0.25) is 24.6 Å². The average molecular weight is 559 g/mol. The van der Waals surface area contributed by atoms with E-state index in [2.05, 4.69) is 6.08 Å². The Morgan fingerprint density at radius 2 is 1.73 bits per heavy atom. The van der Waals surface area contributed by atoms with Crippen LogP contribution in [0.3, 0.4) is 0 Å². The van der Waals surface area contributed by atoms with Crippen molar-refractivity contribution in [3.8, 4) is 11.5 Å². The summed E-state index contributed by atoms with van der Waals surface area (Å²) in [6.07, 6.45) is 3.01. The minimum Gasteiger partial charge on any atom is -0.457 e. The molecule has 2 aliphatic carbocycles. The zero-order chi connectivity index (χ0) is 28.1. The number of carbonyl (C=O) groups is 3. The number of amides is 2. The van der Waals surface area contributed by atoms with Gasteiger partial charge in [0.25, 0.3) is 5.69 Å². The third-order valence-electron chi connectivity index (χ3n) is 7.89. The van der Waals surface area contributed by atoms with E-state index in [9.17, 15) is 24.5 Å². The fourth-order valence-corrected chi connectivity index (χ4v) is 6.19. The van der Waals surface area contributed by atoms with E-state index in [0.29, 0.717) is 22.6 Å². The summed E-state index contributed by atoms with van der Waals surface area (Å²) < 4.78 is 11.1. The molecule has 0 aromatic heterocycles. The summed E-state index contributed by atoms with van der Waals surface area (Å²) in [7, 11) is 0. The van der Waals surface area contributed by atoms with Crippen molar-refractivity contribution in [1.29, 1.82) is 0 Å². The number of benzene rings is 3. The molecule has 2 bridgehead atoms. The van der Waals surface area contributed by atoms with E-state index in [1.807, 2.05) is 6.92 Å². The molecule has 0 radical (unpaired) electrons. The van der Waals surface area contributed by atoms with E-state index in [0.717, 1.165) is 6.42 Å². The third kappa shape index (κ3) is 4.42. The second-order valence-electron chi connectivity index (χ2n) is 10.2. The maximum absolute atomic E-state index is 13.1. The topological polar surface area (TPSA) is 116 Å². The van der Waals surface area contributed by atoms with Crippen molar-refractivity contribution in [1.82, 2.24) is 0 Å². The molecule has 4 atom stereocenters. The number of halogens is 1. The summed E-state index contributed by atoms with van der Waals surface area (Å²) in [5, 5.41) is 11.0. The SMILES string of the molecule is CC1=CC2CC1C1C(=O)N(c3ccc(C(=O)OCc4ccc(Oc5ccc([N+](=O)[O-])cc5Cl)cc4)cc3)C(=O)C21. The highest BCUT2D eigenvalue weighted by molar-refractivity contribution is 6.32. The first-order chi connectivity index (χ1) is 19.2. The molecular weight excluding hydrogens is 536 g/mol. The number of nitro benzene ring substituents is 1. The molecule has 3 aromatic rings. The van der Waals surface area contributed by atoms with Gasteiger partial charge in [-0.2, -0.15) is 0 Å². The molecule has 3 aromatic carbocycles. The van der Waals surface area contributed by atoms with Gasteiger partial charge in [0.15, 0.2) is 0 Å². The number of ether oxygens (including phenoxy) is 2. The lowest BCUT2D eigenvalue weighted by atomic mass is 9.82. The van der Waals surface area contributed by atoms with E-state index < -0.39 is 10.9 Å². The zero-order valence-electron chi connectivity index (χ0n) is 21.3. The van der Waals surface area contributed by atoms with Crippen LogP contribution in [0.25, 0.3) is 0 Å². The Kier molecular flexibility index (Phi) is 6.38. The van der Waals surface area contributed by atoms with Crippen molar-refractivity contribution in [2.45, 2.75) is 20.0 Å². The Bertz CT molecular complexity index is 1580. The largest absolute Gasteiger partial charge is 0.457 e. The third-order valence-corrected chi connectivity index (χ3v) is 8.18. The summed E-state index contributed by atoms with van der Waals surface area (Å²) >= 11 is 6.07. The Morgan fingerprint density at radius 1 is 1.02 bits per heavy atom. The van der Waals surface area contributed by atoms with E-state index in [1.54, 1.807) is 48.5 Å². The molecule has 1 aliphatic heterocycles. The van der Waals surface area contributed by atoms with Crippen LogP contribution < -0.4 is 9.64 Å². The van der Waals surface area contributed by atoms with Crippen molar-refractivity contribution in [2.24, 2.45) is 23.7 Å². The molecule has 2 amide bonds. The van der Waals surface area contributed by atoms with Gasteiger partial charge in [0.05, 0.1) is 33.0 Å². The molecule has 1 saturated heterocycles. The molecule has 9 nitrogen and oxygen atoms in total. The second-order valence-corrected chi connectivity index (χ2v) is 10.6. The quantitative estimate of drug-likeness (QED) is 0.113. The van der Waals surface area contributed by atoms with Gasteiger partial charge >= 0.3 is 5.97 Å². The maximum Gasteiger partial charge on any atom is 0.338 e. The van der Waals surface area contributed by atoms with E-state index in [1.165, 1.54) is 28.7 Å². The molecule has 0 N–H and O–H groups in total. The molecule has 4 unspecified atom stereocenters. The van der Waals surface area contributed by atoms with Gasteiger partial charge in [-0.15, -0.1) is 0 Å². The molecule has 6 rings (SSSR count). The van der Waals surface area contributed by atoms with Crippen LogP contribution in [0, 0.1) is 33.8 Å². The molecule has 202 valence electrons. The molecule has 2 fully saturated rings. The first-order valence-corrected chi connectivity index (χ1v) is 13.1. The summed E-state index contributed by atoms with van der Waals surface area (Å²) in [6.45, 7) is 2.04. The summed E-state index contributed by atoms with van der Waals surface area (Å²) in [6, 6.07) is 17.0. The number of hydrogen-bond acceptors (Lipinski definition) is 7. The fraction of sp³-hybridized carbons (Fsp3) is 0.233. The minimum absolute atomic E-state index is 0.0146. The number of nitrogens with zero attached hydrogens (tertiary/aromatic N) is 2. The number of nitro groups is 1. The van der Waals surface area contributed by atoms with Crippen molar-refractivity contribution >= 4 is 40.8 Å². The smallest absolute Gasteiger partial charge is 0.338 e. The van der Waals surface area contributed by atoms with Crippen LogP contribution in [-0.2, 0) is 20.9 Å². The second kappa shape index (κ2) is 9.91. The van der Waals surface area contributed by atoms with Gasteiger partial charge in [0, 0.05) is 12.1 Å². The van der Waals surface area contributed by atoms with Crippen LogP contribution >= 0.6 is 11.6 Å². The van der Waals surface area contributed by atoms with Gasteiger partial charge in [-0.1, -0.05) is 35.4 Å². The number of fused-ring (bicyclic) bond motifs is 5. The Hall–Kier alpha value is -4.50. The normalized spacial score (nSPS) is 22.8. The standard InChI is InChI=1S/C30H23ClN2O7/c1-16-12-19-13-23(16)27-26(19)28(34)32(29(27)35)20-6-4-18(5-7-20)30(36)39-15-17-2-9-22(10-3-17)40-25-11-8-21(33(37)38)14-24(25)31/h2-12,14,19,23,26-27H,13,15H2,1H3. The number of imide groups is 1. The van der Waals surface area contributed by atoms with Crippen LogP contribution in [0.15, 0.2) is 78.4 Å². The van der Waals surface area contributed by atoms with Crippen LogP contribution in [0.1, 0.15) is 29.3 Å². The van der Waals surface area contributed by atoms with Crippen LogP contribution in [-0.4, -0.2) is 22.7 Å². The van der Waals surface area contributed by atoms with Crippen molar-refractivity contribution in [3.05, 3.63) is 105 Å². The molecule has 3 aliphatic rings. The fourth-order valence-electron chi connectivity index (χ4n) is 5.97. The number of allylic oxidation sites excluding steroid dienone is 2. The van der Waals surface area contributed by atoms with E-state index in [4.69, 9.17) is 21.1 Å². The minimum atomic E-state index is -0.543. The highest BCUT2D eigenvalue weighted by Gasteiger charge is 2.60. The molecular formula is C30H23ClN2O7. The number of hydrogen-bond donors (Lipinski definition) is 0. The maximum atomic E-state index is 13.1. The van der Waals surface area contributed by atoms with Gasteiger partial charge in [-0.25, -0.2) is 4.79 Å². The molecule has 1 heterocycles. The number of non-ortho nitro benzene ring substituents is 1. The predicted octanol–water partition coefficient (Wildman–Crippen LogP) is 6.10. The van der Waals surface area contributed by atoms with Gasteiger partial charge in [-0.05, 0) is 73.2 Å². The lowest BCUT2D eigenvalue weighted by molar-refractivity contribution is -0.384. The van der Waals surface area contributed by atoms with Gasteiger partial charge < -0.3 is 9.47 Å². The lowest BCUT2D eigenvalue weighted by Gasteiger charge is -2.19. The average Bonchev–Trinajstić information content (AvgIpc) is 3.59. The first-order valence-electron chi connectivity index (χ1n) is 12.8. The Labute approximate surface area is 234 Å². The molecule has 10 heteroatoms. The van der Waals surface area contributed by atoms with Crippen LogP contribution in [0.4, 0.5) is 11.4 Å². The Balaban J connectivity index is 1.05. The summed E-state index contributed by atoms with van der Waals surface area (Å²) in [4.78, 5) is 50.4. The monoisotopic (exact) mass is 558 g/mol. The molecule has 1 saturated carbocycles. The number of esters is 1. The summed E-state index contributed by atoms with van der Waals surface area (Å²) in [5.41, 5.74) is 2.53. The molecule has 40 heavy (non-hydrogen) atoms. The number of anilines is 1.